The number of nitrogens with one attached hydrogen (secondary N) is 2. The summed E-state index contributed by atoms with van der Waals surface area (Å²) in [5.41, 5.74) is 2.48. The van der Waals surface area contributed by atoms with Crippen LogP contribution in [0.5, 0.6) is 11.5 Å². The fraction of sp³-hybridized carbons (Fsp3) is 0.435. The molecule has 0 spiro atoms. The van der Waals surface area contributed by atoms with E-state index in [0.29, 0.717) is 19.1 Å². The number of hydrogen-bond acceptors (Lipinski definition) is 6. The zero-order chi connectivity index (χ0) is 20.3. The zero-order valence-corrected chi connectivity index (χ0v) is 17.4. The van der Waals surface area contributed by atoms with Gasteiger partial charge >= 0.3 is 0 Å². The van der Waals surface area contributed by atoms with Crippen LogP contribution in [0.1, 0.15) is 26.7 Å². The third-order valence-corrected chi connectivity index (χ3v) is 4.49. The number of benzene rings is 2. The summed E-state index contributed by atoms with van der Waals surface area (Å²) in [6.45, 7) is 9.48. The highest BCUT2D eigenvalue weighted by atomic mass is 16.5. The Balaban J connectivity index is 1.56. The molecule has 6 heteroatoms. The van der Waals surface area contributed by atoms with Crippen molar-refractivity contribution in [2.75, 3.05) is 39.4 Å². The third-order valence-electron chi connectivity index (χ3n) is 4.49. The van der Waals surface area contributed by atoms with Crippen molar-refractivity contribution in [2.24, 2.45) is 0 Å². The Bertz CT molecular complexity index is 861. The lowest BCUT2D eigenvalue weighted by molar-refractivity contribution is 0.308. The molecule has 1 aromatic heterocycles. The summed E-state index contributed by atoms with van der Waals surface area (Å²) in [7, 11) is 0. The predicted octanol–water partition coefficient (Wildman–Crippen LogP) is 4.25. The van der Waals surface area contributed by atoms with Crippen molar-refractivity contribution in [2.45, 2.75) is 26.7 Å². The van der Waals surface area contributed by atoms with Gasteiger partial charge in [0.05, 0.1) is 13.2 Å². The van der Waals surface area contributed by atoms with Crippen LogP contribution in [0.2, 0.25) is 0 Å². The average Bonchev–Trinajstić information content (AvgIpc) is 3.17. The molecule has 1 heterocycles. The molecule has 3 aromatic rings. The standard InChI is InChI=1S/C23H31N3O3/c1-3-24-13-5-15-27-19-9-7-18(8-10-19)23-26-21-12-11-20(17-22(21)29-23)28-16-6-14-25-4-2/h7-12,17,24-25H,3-6,13-16H2,1-2H3. The summed E-state index contributed by atoms with van der Waals surface area (Å²) in [6, 6.07) is 13.6. The van der Waals surface area contributed by atoms with E-state index in [0.717, 1.165) is 67.2 Å². The van der Waals surface area contributed by atoms with Gasteiger partial charge in [-0.25, -0.2) is 4.98 Å². The Morgan fingerprint density at radius 1 is 0.828 bits per heavy atom. The average molecular weight is 398 g/mol. The third kappa shape index (κ3) is 6.48. The van der Waals surface area contributed by atoms with E-state index in [9.17, 15) is 0 Å². The molecule has 0 aliphatic rings. The van der Waals surface area contributed by atoms with Crippen molar-refractivity contribution in [3.63, 3.8) is 0 Å². The van der Waals surface area contributed by atoms with E-state index >= 15 is 0 Å². The summed E-state index contributed by atoms with van der Waals surface area (Å²) in [6.07, 6.45) is 1.96. The normalized spacial score (nSPS) is 11.1. The van der Waals surface area contributed by atoms with Gasteiger partial charge in [0.15, 0.2) is 5.58 Å². The second-order valence-electron chi connectivity index (χ2n) is 6.78. The van der Waals surface area contributed by atoms with Gasteiger partial charge in [0, 0.05) is 11.6 Å². The quantitative estimate of drug-likeness (QED) is 0.420. The minimum absolute atomic E-state index is 0.600. The SMILES string of the molecule is CCNCCCOc1ccc(-c2nc3ccc(OCCCNCC)cc3o2)cc1. The molecule has 0 unspecified atom stereocenters. The summed E-state index contributed by atoms with van der Waals surface area (Å²) < 4.78 is 17.5. The summed E-state index contributed by atoms with van der Waals surface area (Å²) in [5, 5.41) is 6.58. The summed E-state index contributed by atoms with van der Waals surface area (Å²) in [5.74, 6) is 2.26. The molecule has 2 N–H and O–H groups in total. The zero-order valence-electron chi connectivity index (χ0n) is 17.4. The number of hydrogen-bond donors (Lipinski definition) is 2. The van der Waals surface area contributed by atoms with Gasteiger partial charge in [-0.2, -0.15) is 0 Å². The lowest BCUT2D eigenvalue weighted by atomic mass is 10.2. The van der Waals surface area contributed by atoms with Gasteiger partial charge in [-0.15, -0.1) is 0 Å². The molecule has 29 heavy (non-hydrogen) atoms. The van der Waals surface area contributed by atoms with E-state index in [-0.39, 0.29) is 0 Å². The number of oxazole rings is 1. The van der Waals surface area contributed by atoms with Gasteiger partial charge in [0.2, 0.25) is 5.89 Å². The van der Waals surface area contributed by atoms with E-state index in [1.54, 1.807) is 0 Å². The lowest BCUT2D eigenvalue weighted by Crippen LogP contribution is -2.16. The van der Waals surface area contributed by atoms with Crippen molar-refractivity contribution in [1.82, 2.24) is 15.6 Å². The Morgan fingerprint density at radius 3 is 2.10 bits per heavy atom. The van der Waals surface area contributed by atoms with E-state index in [2.05, 4.69) is 29.5 Å². The van der Waals surface area contributed by atoms with Gasteiger partial charge in [0.25, 0.3) is 0 Å². The van der Waals surface area contributed by atoms with Gasteiger partial charge < -0.3 is 24.5 Å². The van der Waals surface area contributed by atoms with Crippen LogP contribution >= 0.6 is 0 Å². The lowest BCUT2D eigenvalue weighted by Gasteiger charge is -2.06. The largest absolute Gasteiger partial charge is 0.494 e. The molecule has 0 aliphatic heterocycles. The molecule has 0 aliphatic carbocycles. The van der Waals surface area contributed by atoms with Crippen LogP contribution in [-0.4, -0.2) is 44.4 Å². The van der Waals surface area contributed by atoms with Crippen molar-refractivity contribution < 1.29 is 13.9 Å². The van der Waals surface area contributed by atoms with Crippen LogP contribution in [0, 0.1) is 0 Å². The fourth-order valence-corrected chi connectivity index (χ4v) is 2.94. The van der Waals surface area contributed by atoms with E-state index in [4.69, 9.17) is 13.9 Å². The minimum Gasteiger partial charge on any atom is -0.494 e. The van der Waals surface area contributed by atoms with Crippen LogP contribution in [0.25, 0.3) is 22.6 Å². The summed E-state index contributed by atoms with van der Waals surface area (Å²) >= 11 is 0. The molecule has 0 radical (unpaired) electrons. The van der Waals surface area contributed by atoms with Crippen LogP contribution in [0.3, 0.4) is 0 Å². The van der Waals surface area contributed by atoms with Crippen molar-refractivity contribution in [3.05, 3.63) is 42.5 Å². The minimum atomic E-state index is 0.600. The molecular weight excluding hydrogens is 366 g/mol. The number of nitrogens with zero attached hydrogens (tertiary/aromatic N) is 1. The van der Waals surface area contributed by atoms with E-state index < -0.39 is 0 Å². The molecule has 0 saturated carbocycles. The predicted molar refractivity (Wildman–Crippen MR) is 117 cm³/mol. The first kappa shape index (κ1) is 21.1. The summed E-state index contributed by atoms with van der Waals surface area (Å²) in [4.78, 5) is 4.59. The van der Waals surface area contributed by atoms with Crippen LogP contribution in [0.4, 0.5) is 0 Å². The Morgan fingerprint density at radius 2 is 1.45 bits per heavy atom. The topological polar surface area (TPSA) is 68.5 Å². The van der Waals surface area contributed by atoms with Crippen molar-refractivity contribution >= 4 is 11.1 Å². The van der Waals surface area contributed by atoms with Crippen molar-refractivity contribution in [1.29, 1.82) is 0 Å². The molecule has 0 amide bonds. The Labute approximate surface area is 172 Å². The molecule has 0 fully saturated rings. The van der Waals surface area contributed by atoms with Crippen LogP contribution in [0.15, 0.2) is 46.9 Å². The molecule has 156 valence electrons. The second-order valence-corrected chi connectivity index (χ2v) is 6.78. The molecule has 3 rings (SSSR count). The molecule has 6 nitrogen and oxygen atoms in total. The fourth-order valence-electron chi connectivity index (χ4n) is 2.94. The Hall–Kier alpha value is -2.57. The molecular formula is C23H31N3O3. The van der Waals surface area contributed by atoms with Gasteiger partial charge in [-0.1, -0.05) is 13.8 Å². The van der Waals surface area contributed by atoms with E-state index in [1.165, 1.54) is 0 Å². The number of ether oxygens (including phenoxy) is 2. The van der Waals surface area contributed by atoms with Gasteiger partial charge in [-0.05, 0) is 75.4 Å². The van der Waals surface area contributed by atoms with Crippen molar-refractivity contribution in [3.8, 4) is 23.0 Å². The number of rotatable bonds is 13. The van der Waals surface area contributed by atoms with Gasteiger partial charge in [0.1, 0.15) is 17.0 Å². The highest BCUT2D eigenvalue weighted by Crippen LogP contribution is 2.28. The maximum absolute atomic E-state index is 5.95. The highest BCUT2D eigenvalue weighted by molar-refractivity contribution is 5.77. The Kier molecular flexibility index (Phi) is 8.34. The van der Waals surface area contributed by atoms with E-state index in [1.807, 2.05) is 42.5 Å². The second kappa shape index (κ2) is 11.4. The monoisotopic (exact) mass is 397 g/mol. The maximum Gasteiger partial charge on any atom is 0.227 e. The maximum atomic E-state index is 5.95. The number of aromatic nitrogens is 1. The smallest absolute Gasteiger partial charge is 0.227 e. The first-order chi connectivity index (χ1) is 14.3. The molecule has 2 aromatic carbocycles. The first-order valence-electron chi connectivity index (χ1n) is 10.5. The number of fused-ring (bicyclic) bond motifs is 1. The van der Waals surface area contributed by atoms with Crippen LogP contribution < -0.4 is 20.1 Å². The van der Waals surface area contributed by atoms with Gasteiger partial charge in [-0.3, -0.25) is 0 Å². The molecule has 0 atom stereocenters. The first-order valence-corrected chi connectivity index (χ1v) is 10.5. The van der Waals surface area contributed by atoms with Crippen LogP contribution in [-0.2, 0) is 0 Å². The molecule has 0 bridgehead atoms. The highest BCUT2D eigenvalue weighted by Gasteiger charge is 2.09. The molecule has 0 saturated heterocycles.